The molecule has 43 heavy (non-hydrogen) atoms. The van der Waals surface area contributed by atoms with Crippen molar-refractivity contribution in [2.24, 2.45) is 0 Å². The van der Waals surface area contributed by atoms with Crippen LogP contribution >= 0.6 is 0 Å². The highest BCUT2D eigenvalue weighted by Gasteiger charge is 2.16. The molecule has 0 spiro atoms. The minimum atomic E-state index is -0.197. The summed E-state index contributed by atoms with van der Waals surface area (Å²) in [5, 5.41) is 0. The Morgan fingerprint density at radius 1 is 0.512 bits per heavy atom. The Labute approximate surface area is 253 Å². The van der Waals surface area contributed by atoms with Crippen LogP contribution in [0.25, 0.3) is 0 Å². The molecule has 0 saturated carbocycles. The van der Waals surface area contributed by atoms with Gasteiger partial charge in [-0.3, -0.25) is 4.79 Å². The van der Waals surface area contributed by atoms with Gasteiger partial charge in [-0.2, -0.15) is 0 Å². The molecule has 0 aliphatic heterocycles. The maximum Gasteiger partial charge on any atom is 0.189 e. The third kappa shape index (κ3) is 15.9. The van der Waals surface area contributed by atoms with Gasteiger partial charge >= 0.3 is 0 Å². The number of hydrogen-bond donors (Lipinski definition) is 0. The van der Waals surface area contributed by atoms with Gasteiger partial charge in [0.25, 0.3) is 0 Å². The molecule has 0 saturated heterocycles. The molecule has 2 aromatic carbocycles. The quantitative estimate of drug-likeness (QED) is 0.0834. The van der Waals surface area contributed by atoms with E-state index < -0.39 is 0 Å². The van der Waals surface area contributed by atoms with Gasteiger partial charge in [-0.15, -0.1) is 0 Å². The van der Waals surface area contributed by atoms with Gasteiger partial charge in [0, 0.05) is 58.1 Å². The number of Topliss-reactive ketones (excluding diaryl/α,β-unsaturated/α-hetero) is 1. The van der Waals surface area contributed by atoms with Crippen LogP contribution in [-0.4, -0.2) is 114 Å². The SMILES string of the molecule is COCCOCOc1cc(OCOCCOC)cc(C(=O)Cc2ccc(OCOCCOC)cc2OCOCCOC)c1. The predicted molar refractivity (Wildman–Crippen MR) is 154 cm³/mol. The summed E-state index contributed by atoms with van der Waals surface area (Å²) < 4.78 is 64.5. The zero-order valence-corrected chi connectivity index (χ0v) is 25.5. The highest BCUT2D eigenvalue weighted by Crippen LogP contribution is 2.29. The first-order valence-corrected chi connectivity index (χ1v) is 13.7. The molecule has 0 heterocycles. The fourth-order valence-electron chi connectivity index (χ4n) is 3.32. The minimum Gasteiger partial charge on any atom is -0.467 e. The summed E-state index contributed by atoms with van der Waals surface area (Å²) in [5.74, 6) is 1.54. The molecule has 2 aromatic rings. The average molecular weight is 613 g/mol. The molecule has 0 radical (unpaired) electrons. The van der Waals surface area contributed by atoms with Gasteiger partial charge in [0.15, 0.2) is 33.0 Å². The van der Waals surface area contributed by atoms with E-state index in [0.29, 0.717) is 87.0 Å². The van der Waals surface area contributed by atoms with Gasteiger partial charge in [-0.05, 0) is 18.2 Å². The lowest BCUT2D eigenvalue weighted by atomic mass is 10.0. The van der Waals surface area contributed by atoms with Crippen molar-refractivity contribution in [2.45, 2.75) is 6.42 Å². The van der Waals surface area contributed by atoms with E-state index in [4.69, 9.17) is 56.8 Å². The number of ketones is 1. The van der Waals surface area contributed by atoms with Gasteiger partial charge in [-0.1, -0.05) is 6.07 Å². The van der Waals surface area contributed by atoms with Crippen molar-refractivity contribution in [3.05, 3.63) is 47.5 Å². The van der Waals surface area contributed by atoms with Crippen LogP contribution in [0.15, 0.2) is 36.4 Å². The summed E-state index contributed by atoms with van der Waals surface area (Å²) in [6.45, 7) is 3.17. The van der Waals surface area contributed by atoms with Crippen molar-refractivity contribution in [1.29, 1.82) is 0 Å². The normalized spacial score (nSPS) is 11.0. The molecule has 0 N–H and O–H groups in total. The number of rotatable bonds is 27. The molecule has 0 atom stereocenters. The van der Waals surface area contributed by atoms with Crippen LogP contribution in [0.5, 0.6) is 23.0 Å². The van der Waals surface area contributed by atoms with Gasteiger partial charge in [0.2, 0.25) is 0 Å². The summed E-state index contributed by atoms with van der Waals surface area (Å²) in [5.41, 5.74) is 1.00. The van der Waals surface area contributed by atoms with E-state index in [2.05, 4.69) is 0 Å². The third-order valence-corrected chi connectivity index (χ3v) is 5.54. The zero-order valence-electron chi connectivity index (χ0n) is 25.5. The van der Waals surface area contributed by atoms with Crippen molar-refractivity contribution in [2.75, 3.05) is 108 Å². The molecule has 0 amide bonds. The second-order valence-corrected chi connectivity index (χ2v) is 8.72. The third-order valence-electron chi connectivity index (χ3n) is 5.54. The average Bonchev–Trinajstić information content (AvgIpc) is 3.01. The van der Waals surface area contributed by atoms with E-state index in [1.165, 1.54) is 0 Å². The van der Waals surface area contributed by atoms with Crippen LogP contribution < -0.4 is 18.9 Å². The smallest absolute Gasteiger partial charge is 0.189 e. The van der Waals surface area contributed by atoms with E-state index >= 15 is 0 Å². The first-order chi connectivity index (χ1) is 21.1. The molecular formula is C30H44O13. The standard InChI is InChI=1S/C30H44O13/c1-32-7-11-36-20-40-26-6-5-24(30(19-26)43-23-39-14-10-35-4)17-29(31)25-15-27(41-21-37-12-8-33-2)18-28(16-25)42-22-38-13-9-34-3/h5-6,15-16,18-19H,7-14,17,20-23H2,1-4H3. The maximum absolute atomic E-state index is 13.5. The van der Waals surface area contributed by atoms with Gasteiger partial charge < -0.3 is 56.8 Å². The van der Waals surface area contributed by atoms with E-state index in [1.54, 1.807) is 64.8 Å². The summed E-state index contributed by atoms with van der Waals surface area (Å²) >= 11 is 0. The minimum absolute atomic E-state index is 0.0234. The van der Waals surface area contributed by atoms with E-state index in [9.17, 15) is 4.79 Å². The Hall–Kier alpha value is -3.01. The molecule has 13 heteroatoms. The maximum atomic E-state index is 13.5. The highest BCUT2D eigenvalue weighted by atomic mass is 16.7. The van der Waals surface area contributed by atoms with Gasteiger partial charge in [0.05, 0.1) is 52.9 Å². The number of benzene rings is 2. The van der Waals surface area contributed by atoms with Crippen LogP contribution in [-0.2, 0) is 44.3 Å². The molecule has 13 nitrogen and oxygen atoms in total. The van der Waals surface area contributed by atoms with Crippen molar-refractivity contribution in [1.82, 2.24) is 0 Å². The second-order valence-electron chi connectivity index (χ2n) is 8.72. The Balaban J connectivity index is 2.16. The Kier molecular flexibility index (Phi) is 19.7. The lowest BCUT2D eigenvalue weighted by Crippen LogP contribution is -2.12. The molecule has 2 rings (SSSR count). The first kappa shape index (κ1) is 36.2. The van der Waals surface area contributed by atoms with Gasteiger partial charge in [0.1, 0.15) is 23.0 Å². The number of hydrogen-bond acceptors (Lipinski definition) is 13. The number of methoxy groups -OCH3 is 4. The highest BCUT2D eigenvalue weighted by molar-refractivity contribution is 5.98. The van der Waals surface area contributed by atoms with Crippen molar-refractivity contribution in [3.63, 3.8) is 0 Å². The topological polar surface area (TPSA) is 128 Å². The summed E-state index contributed by atoms with van der Waals surface area (Å²) in [6.07, 6.45) is 0.0234. The second kappa shape index (κ2) is 23.4. The monoisotopic (exact) mass is 612 g/mol. The molecule has 0 unspecified atom stereocenters. The summed E-state index contributed by atoms with van der Waals surface area (Å²) in [6, 6.07) is 10.1. The van der Waals surface area contributed by atoms with Crippen molar-refractivity contribution >= 4 is 5.78 Å². The fraction of sp³-hybridized carbons (Fsp3) is 0.567. The zero-order chi connectivity index (χ0) is 31.0. The first-order valence-electron chi connectivity index (χ1n) is 13.7. The van der Waals surface area contributed by atoms with Crippen LogP contribution in [0.1, 0.15) is 15.9 Å². The fourth-order valence-corrected chi connectivity index (χ4v) is 3.32. The van der Waals surface area contributed by atoms with Crippen LogP contribution in [0.4, 0.5) is 0 Å². The molecule has 0 aliphatic rings. The van der Waals surface area contributed by atoms with Crippen LogP contribution in [0.3, 0.4) is 0 Å². The number of ether oxygens (including phenoxy) is 12. The van der Waals surface area contributed by atoms with Crippen molar-refractivity contribution in [3.8, 4) is 23.0 Å². The molecule has 0 aliphatic carbocycles. The molecule has 0 aromatic heterocycles. The summed E-state index contributed by atoms with van der Waals surface area (Å²) in [7, 11) is 6.35. The Morgan fingerprint density at radius 2 is 0.953 bits per heavy atom. The number of carbonyl (C=O) groups is 1. The summed E-state index contributed by atoms with van der Waals surface area (Å²) in [4.78, 5) is 13.5. The van der Waals surface area contributed by atoms with Crippen molar-refractivity contribution < 1.29 is 61.6 Å². The van der Waals surface area contributed by atoms with E-state index in [1.807, 2.05) is 0 Å². The van der Waals surface area contributed by atoms with Crippen LogP contribution in [0.2, 0.25) is 0 Å². The lowest BCUT2D eigenvalue weighted by molar-refractivity contribution is -0.0119. The van der Waals surface area contributed by atoms with Crippen LogP contribution in [0, 0.1) is 0 Å². The molecule has 242 valence electrons. The van der Waals surface area contributed by atoms with E-state index in [-0.39, 0.29) is 39.4 Å². The lowest BCUT2D eigenvalue weighted by Gasteiger charge is -2.15. The molecule has 0 bridgehead atoms. The molecule has 0 fully saturated rings. The Morgan fingerprint density at radius 3 is 1.42 bits per heavy atom. The largest absolute Gasteiger partial charge is 0.467 e. The van der Waals surface area contributed by atoms with Gasteiger partial charge in [-0.25, -0.2) is 0 Å². The Bertz CT molecular complexity index is 985. The van der Waals surface area contributed by atoms with E-state index in [0.717, 1.165) is 0 Å². The predicted octanol–water partition coefficient (Wildman–Crippen LogP) is 3.11. The number of carbonyl (C=O) groups excluding carboxylic acids is 1. The molecular weight excluding hydrogens is 568 g/mol.